The molecule has 9 heteroatoms. The number of rotatable bonds is 10. The topological polar surface area (TPSA) is 89.6 Å². The van der Waals surface area contributed by atoms with Crippen LogP contribution >= 0.6 is 11.3 Å². The minimum atomic E-state index is -0.455. The second-order valence-corrected chi connectivity index (χ2v) is 7.00. The van der Waals surface area contributed by atoms with Crippen LogP contribution in [-0.4, -0.2) is 36.5 Å². The molecule has 2 amide bonds. The number of nitrogens with zero attached hydrogens (tertiary/aromatic N) is 1. The van der Waals surface area contributed by atoms with Crippen molar-refractivity contribution < 1.29 is 23.5 Å². The average molecular weight is 429 g/mol. The number of hydrogen-bond donors (Lipinski definition) is 2. The third-order valence-corrected chi connectivity index (χ3v) is 4.64. The first-order valence-electron chi connectivity index (χ1n) is 9.16. The van der Waals surface area contributed by atoms with Crippen molar-refractivity contribution in [3.05, 3.63) is 76.5 Å². The summed E-state index contributed by atoms with van der Waals surface area (Å²) in [6.45, 7) is 0.469. The van der Waals surface area contributed by atoms with Crippen molar-refractivity contribution in [2.75, 3.05) is 19.7 Å². The Morgan fingerprint density at radius 3 is 2.50 bits per heavy atom. The normalized spacial score (nSPS) is 10.3. The van der Waals surface area contributed by atoms with E-state index in [9.17, 15) is 14.0 Å². The van der Waals surface area contributed by atoms with E-state index in [0.29, 0.717) is 10.8 Å². The predicted octanol–water partition coefficient (Wildman–Crippen LogP) is 2.79. The maximum atomic E-state index is 13.5. The summed E-state index contributed by atoms with van der Waals surface area (Å²) in [7, 11) is 0. The van der Waals surface area contributed by atoms with Crippen LogP contribution in [0.15, 0.2) is 60.0 Å². The Balaban J connectivity index is 1.34. The van der Waals surface area contributed by atoms with E-state index in [1.54, 1.807) is 29.6 Å². The Hall–Kier alpha value is -3.46. The number of thiazole rings is 1. The van der Waals surface area contributed by atoms with Gasteiger partial charge in [0.15, 0.2) is 18.2 Å². The summed E-state index contributed by atoms with van der Waals surface area (Å²) in [5, 5.41) is 7.48. The number of carbonyl (C=O) groups excluding carboxylic acids is 2. The van der Waals surface area contributed by atoms with Gasteiger partial charge in [-0.15, -0.1) is 11.3 Å². The molecule has 1 heterocycles. The third-order valence-electron chi connectivity index (χ3n) is 3.82. The minimum Gasteiger partial charge on any atom is -0.484 e. The van der Waals surface area contributed by atoms with Crippen molar-refractivity contribution in [3.8, 4) is 11.5 Å². The van der Waals surface area contributed by atoms with Gasteiger partial charge in [-0.2, -0.15) is 0 Å². The molecule has 0 aliphatic heterocycles. The molecular formula is C21H20FN3O4S. The molecule has 0 atom stereocenters. The van der Waals surface area contributed by atoms with Crippen molar-refractivity contribution in [1.82, 2.24) is 15.6 Å². The molecule has 7 nitrogen and oxygen atoms in total. The van der Waals surface area contributed by atoms with E-state index < -0.39 is 5.82 Å². The number of halogens is 1. The van der Waals surface area contributed by atoms with Gasteiger partial charge in [-0.05, 0) is 24.3 Å². The molecule has 0 aliphatic carbocycles. The van der Waals surface area contributed by atoms with Crippen molar-refractivity contribution in [2.45, 2.75) is 6.61 Å². The van der Waals surface area contributed by atoms with Gasteiger partial charge in [0.2, 0.25) is 0 Å². The van der Waals surface area contributed by atoms with Gasteiger partial charge in [-0.25, -0.2) is 9.37 Å². The maximum Gasteiger partial charge on any atom is 0.270 e. The molecule has 156 valence electrons. The molecule has 30 heavy (non-hydrogen) atoms. The quantitative estimate of drug-likeness (QED) is 0.484. The van der Waals surface area contributed by atoms with Crippen LogP contribution in [0.1, 0.15) is 15.5 Å². The summed E-state index contributed by atoms with van der Waals surface area (Å²) in [5.74, 6) is -0.360. The first kappa shape index (κ1) is 21.3. The van der Waals surface area contributed by atoms with Crippen LogP contribution < -0.4 is 20.1 Å². The van der Waals surface area contributed by atoms with Crippen LogP contribution in [0.5, 0.6) is 11.5 Å². The van der Waals surface area contributed by atoms with Gasteiger partial charge in [-0.3, -0.25) is 9.59 Å². The second kappa shape index (κ2) is 10.9. The molecule has 0 saturated heterocycles. The van der Waals surface area contributed by atoms with E-state index in [1.807, 2.05) is 18.2 Å². The van der Waals surface area contributed by atoms with Gasteiger partial charge >= 0.3 is 0 Å². The molecule has 1 aromatic heterocycles. The number of benzene rings is 2. The van der Waals surface area contributed by atoms with Crippen molar-refractivity contribution in [3.63, 3.8) is 0 Å². The zero-order valence-electron chi connectivity index (χ0n) is 16.0. The Kier molecular flexibility index (Phi) is 7.73. The highest BCUT2D eigenvalue weighted by Crippen LogP contribution is 2.18. The SMILES string of the molecule is O=C(COc1ccccc1)NCCNC(=O)c1csc(COc2ccccc2F)n1. The highest BCUT2D eigenvalue weighted by atomic mass is 32.1. The monoisotopic (exact) mass is 429 g/mol. The smallest absolute Gasteiger partial charge is 0.270 e. The lowest BCUT2D eigenvalue weighted by Crippen LogP contribution is -2.36. The molecule has 0 saturated carbocycles. The summed E-state index contributed by atoms with van der Waals surface area (Å²) in [4.78, 5) is 28.1. The lowest BCUT2D eigenvalue weighted by Gasteiger charge is -2.08. The summed E-state index contributed by atoms with van der Waals surface area (Å²) < 4.78 is 24.3. The number of nitrogens with one attached hydrogen (secondary N) is 2. The van der Waals surface area contributed by atoms with Crippen molar-refractivity contribution in [1.29, 1.82) is 0 Å². The van der Waals surface area contributed by atoms with E-state index in [1.165, 1.54) is 23.5 Å². The van der Waals surface area contributed by atoms with Crippen molar-refractivity contribution in [2.24, 2.45) is 0 Å². The predicted molar refractivity (Wildman–Crippen MR) is 110 cm³/mol. The van der Waals surface area contributed by atoms with Gasteiger partial charge < -0.3 is 20.1 Å². The molecule has 0 spiro atoms. The molecular weight excluding hydrogens is 409 g/mol. The first-order chi connectivity index (χ1) is 14.6. The Morgan fingerprint density at radius 1 is 0.967 bits per heavy atom. The minimum absolute atomic E-state index is 0.0658. The fourth-order valence-electron chi connectivity index (χ4n) is 2.37. The standard InChI is InChI=1S/C21H20FN3O4S/c22-16-8-4-5-9-18(16)29-13-20-25-17(14-30-20)21(27)24-11-10-23-19(26)12-28-15-6-2-1-3-7-15/h1-9,14H,10-13H2,(H,23,26)(H,24,27). The Morgan fingerprint density at radius 2 is 1.70 bits per heavy atom. The van der Waals surface area contributed by atoms with Crippen molar-refractivity contribution >= 4 is 23.2 Å². The van der Waals surface area contributed by atoms with Crippen LogP contribution in [0.3, 0.4) is 0 Å². The summed E-state index contributed by atoms with van der Waals surface area (Å²) in [5.41, 5.74) is 0.242. The lowest BCUT2D eigenvalue weighted by atomic mass is 10.3. The second-order valence-electron chi connectivity index (χ2n) is 6.05. The number of ether oxygens (including phenoxy) is 2. The van der Waals surface area contributed by atoms with E-state index in [-0.39, 0.29) is 49.6 Å². The lowest BCUT2D eigenvalue weighted by molar-refractivity contribution is -0.123. The number of aromatic nitrogens is 1. The molecule has 0 radical (unpaired) electrons. The molecule has 0 bridgehead atoms. The Labute approximate surface area is 176 Å². The summed E-state index contributed by atoms with van der Waals surface area (Å²) >= 11 is 1.25. The van der Waals surface area contributed by atoms with E-state index in [0.717, 1.165) is 0 Å². The Bertz CT molecular complexity index is 981. The number of carbonyl (C=O) groups is 2. The molecule has 0 fully saturated rings. The fraction of sp³-hybridized carbons (Fsp3) is 0.190. The van der Waals surface area contributed by atoms with Crippen LogP contribution in [-0.2, 0) is 11.4 Å². The van der Waals surface area contributed by atoms with Gasteiger partial charge in [-0.1, -0.05) is 30.3 Å². The highest BCUT2D eigenvalue weighted by molar-refractivity contribution is 7.09. The van der Waals surface area contributed by atoms with Gasteiger partial charge in [0.1, 0.15) is 23.1 Å². The van der Waals surface area contributed by atoms with Gasteiger partial charge in [0, 0.05) is 18.5 Å². The zero-order chi connectivity index (χ0) is 21.2. The van der Waals surface area contributed by atoms with E-state index in [2.05, 4.69) is 15.6 Å². The molecule has 3 aromatic rings. The number of hydrogen-bond acceptors (Lipinski definition) is 6. The van der Waals surface area contributed by atoms with Crippen LogP contribution in [0.2, 0.25) is 0 Å². The van der Waals surface area contributed by atoms with Crippen LogP contribution in [0, 0.1) is 5.82 Å². The molecule has 2 aromatic carbocycles. The number of para-hydroxylation sites is 2. The average Bonchev–Trinajstić information content (AvgIpc) is 3.24. The number of amides is 2. The van der Waals surface area contributed by atoms with Crippen LogP contribution in [0.4, 0.5) is 4.39 Å². The van der Waals surface area contributed by atoms with Gasteiger partial charge in [0.05, 0.1) is 0 Å². The molecule has 0 aliphatic rings. The third kappa shape index (κ3) is 6.56. The first-order valence-corrected chi connectivity index (χ1v) is 10.0. The molecule has 2 N–H and O–H groups in total. The van der Waals surface area contributed by atoms with E-state index >= 15 is 0 Å². The molecule has 0 unspecified atom stereocenters. The maximum absolute atomic E-state index is 13.5. The van der Waals surface area contributed by atoms with Crippen LogP contribution in [0.25, 0.3) is 0 Å². The zero-order valence-corrected chi connectivity index (χ0v) is 16.8. The summed E-state index contributed by atoms with van der Waals surface area (Å²) in [6.07, 6.45) is 0. The van der Waals surface area contributed by atoms with Gasteiger partial charge in [0.25, 0.3) is 11.8 Å². The molecule has 3 rings (SSSR count). The fourth-order valence-corrected chi connectivity index (χ4v) is 3.05. The highest BCUT2D eigenvalue weighted by Gasteiger charge is 2.12. The van der Waals surface area contributed by atoms with E-state index in [4.69, 9.17) is 9.47 Å². The largest absolute Gasteiger partial charge is 0.484 e. The summed E-state index contributed by atoms with van der Waals surface area (Å²) in [6, 6.07) is 15.1.